The van der Waals surface area contributed by atoms with Crippen molar-refractivity contribution in [3.05, 3.63) is 29.3 Å². The maximum Gasteiger partial charge on any atom is 0.321 e. The average Bonchev–Trinajstić information content (AvgIpc) is 3.11. The van der Waals surface area contributed by atoms with Crippen LogP contribution >= 0.6 is 23.4 Å². The Labute approximate surface area is 180 Å². The lowest BCUT2D eigenvalue weighted by atomic mass is 9.86. The molecule has 1 aliphatic rings. The fraction of sp³-hybridized carbons (Fsp3) is 0.500. The minimum absolute atomic E-state index is 0.0897. The Morgan fingerprint density at radius 1 is 1.21 bits per heavy atom. The minimum atomic E-state index is -0.423. The standard InChI is InChI=1S/C20H26ClN5O2S/c1-3-26-18(14-8-10-15(21)11-9-14)24-25-20(26)29-12-17(27)23-19(28)22-16-7-5-4-6-13(16)2/h8-11,13,16H,3-7,12H2,1-2H3,(H2,22,23,27,28). The van der Waals surface area contributed by atoms with Crippen LogP contribution in [0.4, 0.5) is 4.79 Å². The first-order valence-electron chi connectivity index (χ1n) is 9.90. The molecule has 3 rings (SSSR count). The van der Waals surface area contributed by atoms with Crippen molar-refractivity contribution in [3.8, 4) is 11.4 Å². The molecular weight excluding hydrogens is 410 g/mol. The number of nitrogens with zero attached hydrogens (tertiary/aromatic N) is 3. The normalized spacial score (nSPS) is 19.0. The van der Waals surface area contributed by atoms with E-state index in [1.807, 2.05) is 23.6 Å². The zero-order valence-corrected chi connectivity index (χ0v) is 18.2. The van der Waals surface area contributed by atoms with Crippen LogP contribution in [0.15, 0.2) is 29.4 Å². The van der Waals surface area contributed by atoms with Gasteiger partial charge in [-0.1, -0.05) is 43.1 Å². The van der Waals surface area contributed by atoms with Crippen molar-refractivity contribution in [2.24, 2.45) is 5.92 Å². The van der Waals surface area contributed by atoms with Gasteiger partial charge in [-0.15, -0.1) is 10.2 Å². The largest absolute Gasteiger partial charge is 0.335 e. The SMILES string of the molecule is CCn1c(SCC(=O)NC(=O)NC2CCCCC2C)nnc1-c1ccc(Cl)cc1. The Balaban J connectivity index is 1.54. The third-order valence-electron chi connectivity index (χ3n) is 5.15. The zero-order valence-electron chi connectivity index (χ0n) is 16.7. The topological polar surface area (TPSA) is 88.9 Å². The van der Waals surface area contributed by atoms with Crippen LogP contribution in [0.2, 0.25) is 5.02 Å². The molecule has 156 valence electrons. The first kappa shape index (κ1) is 21.6. The molecule has 2 atom stereocenters. The summed E-state index contributed by atoms with van der Waals surface area (Å²) in [7, 11) is 0. The smallest absolute Gasteiger partial charge is 0.321 e. The number of nitrogens with one attached hydrogen (secondary N) is 2. The second kappa shape index (κ2) is 10.1. The van der Waals surface area contributed by atoms with E-state index >= 15 is 0 Å². The van der Waals surface area contributed by atoms with Crippen LogP contribution < -0.4 is 10.6 Å². The number of hydrogen-bond donors (Lipinski definition) is 2. The Bertz CT molecular complexity index is 855. The third kappa shape index (κ3) is 5.73. The molecule has 1 fully saturated rings. The number of carbonyl (C=O) groups excluding carboxylic acids is 2. The highest BCUT2D eigenvalue weighted by Gasteiger charge is 2.23. The molecule has 2 unspecified atom stereocenters. The van der Waals surface area contributed by atoms with Gasteiger partial charge in [0.25, 0.3) is 0 Å². The minimum Gasteiger partial charge on any atom is -0.335 e. The van der Waals surface area contributed by atoms with Crippen molar-refractivity contribution in [2.75, 3.05) is 5.75 Å². The number of benzene rings is 1. The Morgan fingerprint density at radius 3 is 2.62 bits per heavy atom. The highest BCUT2D eigenvalue weighted by molar-refractivity contribution is 7.99. The van der Waals surface area contributed by atoms with E-state index < -0.39 is 6.03 Å². The van der Waals surface area contributed by atoms with Crippen molar-refractivity contribution in [1.82, 2.24) is 25.4 Å². The molecule has 0 spiro atoms. The van der Waals surface area contributed by atoms with Gasteiger partial charge in [0.15, 0.2) is 11.0 Å². The van der Waals surface area contributed by atoms with Crippen LogP contribution in [0, 0.1) is 5.92 Å². The van der Waals surface area contributed by atoms with Gasteiger partial charge in [-0.25, -0.2) is 4.79 Å². The maximum absolute atomic E-state index is 12.2. The first-order chi connectivity index (χ1) is 14.0. The van der Waals surface area contributed by atoms with E-state index in [1.54, 1.807) is 12.1 Å². The van der Waals surface area contributed by atoms with E-state index in [0.29, 0.717) is 22.6 Å². The lowest BCUT2D eigenvalue weighted by Gasteiger charge is -2.29. The third-order valence-corrected chi connectivity index (χ3v) is 6.37. The molecule has 2 aromatic rings. The molecule has 0 bridgehead atoms. The molecule has 0 saturated heterocycles. The highest BCUT2D eigenvalue weighted by Crippen LogP contribution is 2.25. The average molecular weight is 436 g/mol. The number of amides is 3. The van der Waals surface area contributed by atoms with Crippen LogP contribution in [0.3, 0.4) is 0 Å². The lowest BCUT2D eigenvalue weighted by molar-refractivity contribution is -0.117. The predicted molar refractivity (Wildman–Crippen MR) is 115 cm³/mol. The summed E-state index contributed by atoms with van der Waals surface area (Å²) in [5, 5.41) is 15.1. The van der Waals surface area contributed by atoms with Crippen molar-refractivity contribution >= 4 is 35.3 Å². The molecule has 9 heteroatoms. The molecule has 29 heavy (non-hydrogen) atoms. The number of thioether (sulfide) groups is 1. The molecule has 1 aliphatic carbocycles. The first-order valence-corrected chi connectivity index (χ1v) is 11.3. The second-order valence-electron chi connectivity index (χ2n) is 7.24. The van der Waals surface area contributed by atoms with Crippen molar-refractivity contribution in [1.29, 1.82) is 0 Å². The number of aromatic nitrogens is 3. The summed E-state index contributed by atoms with van der Waals surface area (Å²) in [6, 6.07) is 7.09. The van der Waals surface area contributed by atoms with Crippen LogP contribution in [0.25, 0.3) is 11.4 Å². The summed E-state index contributed by atoms with van der Waals surface area (Å²) in [5.41, 5.74) is 0.904. The molecule has 1 heterocycles. The van der Waals surface area contributed by atoms with Gasteiger partial charge in [-0.3, -0.25) is 10.1 Å². The molecule has 3 amide bonds. The van der Waals surface area contributed by atoms with Crippen molar-refractivity contribution < 1.29 is 9.59 Å². The van der Waals surface area contributed by atoms with Gasteiger partial charge < -0.3 is 9.88 Å². The van der Waals surface area contributed by atoms with Crippen molar-refractivity contribution in [2.45, 2.75) is 57.3 Å². The van der Waals surface area contributed by atoms with Crippen LogP contribution in [-0.4, -0.2) is 38.5 Å². The van der Waals surface area contributed by atoms with Gasteiger partial charge >= 0.3 is 6.03 Å². The lowest BCUT2D eigenvalue weighted by Crippen LogP contribution is -2.48. The van der Waals surface area contributed by atoms with Gasteiger partial charge in [0.05, 0.1) is 5.75 Å². The van der Waals surface area contributed by atoms with E-state index in [0.717, 1.165) is 30.7 Å². The summed E-state index contributed by atoms with van der Waals surface area (Å²) >= 11 is 7.21. The maximum atomic E-state index is 12.2. The van der Waals surface area contributed by atoms with Crippen LogP contribution in [0.5, 0.6) is 0 Å². The number of halogens is 1. The summed E-state index contributed by atoms with van der Waals surface area (Å²) in [6.07, 6.45) is 4.39. The number of carbonyl (C=O) groups is 2. The Kier molecular flexibility index (Phi) is 7.55. The van der Waals surface area contributed by atoms with E-state index in [4.69, 9.17) is 11.6 Å². The van der Waals surface area contributed by atoms with E-state index in [2.05, 4.69) is 27.8 Å². The molecule has 1 aromatic carbocycles. The summed E-state index contributed by atoms with van der Waals surface area (Å²) in [4.78, 5) is 24.3. The van der Waals surface area contributed by atoms with Crippen LogP contribution in [-0.2, 0) is 11.3 Å². The summed E-state index contributed by atoms with van der Waals surface area (Å²) < 4.78 is 1.94. The molecule has 0 radical (unpaired) electrons. The van der Waals surface area contributed by atoms with E-state index in [9.17, 15) is 9.59 Å². The van der Waals surface area contributed by atoms with Gasteiger partial charge in [0, 0.05) is 23.2 Å². The number of hydrogen-bond acceptors (Lipinski definition) is 5. The van der Waals surface area contributed by atoms with Gasteiger partial charge in [-0.2, -0.15) is 0 Å². The summed E-state index contributed by atoms with van der Waals surface area (Å²) in [6.45, 7) is 4.79. The van der Waals surface area contributed by atoms with Gasteiger partial charge in [0.2, 0.25) is 5.91 Å². The van der Waals surface area contributed by atoms with Gasteiger partial charge in [-0.05, 0) is 49.9 Å². The molecular formula is C20H26ClN5O2S. The molecule has 1 aromatic heterocycles. The molecule has 2 N–H and O–H groups in total. The Hall–Kier alpha value is -2.06. The molecule has 1 saturated carbocycles. The van der Waals surface area contributed by atoms with E-state index in [-0.39, 0.29) is 17.7 Å². The number of imide groups is 1. The molecule has 0 aliphatic heterocycles. The second-order valence-corrected chi connectivity index (χ2v) is 8.61. The molecule has 7 nitrogen and oxygen atoms in total. The van der Waals surface area contributed by atoms with E-state index in [1.165, 1.54) is 18.2 Å². The Morgan fingerprint density at radius 2 is 1.93 bits per heavy atom. The summed E-state index contributed by atoms with van der Waals surface area (Å²) in [5.74, 6) is 0.894. The van der Waals surface area contributed by atoms with Crippen molar-refractivity contribution in [3.63, 3.8) is 0 Å². The monoisotopic (exact) mass is 435 g/mol. The van der Waals surface area contributed by atoms with Gasteiger partial charge in [0.1, 0.15) is 0 Å². The fourth-order valence-corrected chi connectivity index (χ4v) is 4.45. The highest BCUT2D eigenvalue weighted by atomic mass is 35.5. The number of urea groups is 1. The quantitative estimate of drug-likeness (QED) is 0.666. The fourth-order valence-electron chi connectivity index (χ4n) is 3.52. The predicted octanol–water partition coefficient (Wildman–Crippen LogP) is 4.12. The zero-order chi connectivity index (χ0) is 20.8. The number of rotatable bonds is 6. The van der Waals surface area contributed by atoms with Crippen LogP contribution in [0.1, 0.15) is 39.5 Å².